The summed E-state index contributed by atoms with van der Waals surface area (Å²) in [6, 6.07) is 5.51. The van der Waals surface area contributed by atoms with Crippen molar-refractivity contribution in [3.8, 4) is 0 Å². The lowest BCUT2D eigenvalue weighted by Gasteiger charge is -2.12. The molecule has 9 heteroatoms. The fraction of sp³-hybridized carbons (Fsp3) is 0.316. The van der Waals surface area contributed by atoms with E-state index in [4.69, 9.17) is 0 Å². The van der Waals surface area contributed by atoms with E-state index in [1.54, 1.807) is 34.2 Å². The van der Waals surface area contributed by atoms with Gasteiger partial charge in [-0.2, -0.15) is 10.2 Å². The number of aromatic nitrogens is 5. The lowest BCUT2D eigenvalue weighted by atomic mass is 10.1. The number of carbonyl (C=O) groups excluding carboxylic acids is 2. The van der Waals surface area contributed by atoms with E-state index < -0.39 is 0 Å². The van der Waals surface area contributed by atoms with E-state index in [0.29, 0.717) is 25.1 Å². The summed E-state index contributed by atoms with van der Waals surface area (Å²) in [6.07, 6.45) is 7.34. The van der Waals surface area contributed by atoms with Gasteiger partial charge in [0.2, 0.25) is 5.91 Å². The molecule has 1 aliphatic heterocycles. The number of carbonyl (C=O) groups is 2. The van der Waals surface area contributed by atoms with Gasteiger partial charge >= 0.3 is 0 Å². The van der Waals surface area contributed by atoms with Crippen molar-refractivity contribution in [2.24, 2.45) is 0 Å². The first-order valence-corrected chi connectivity index (χ1v) is 9.09. The second-order valence-corrected chi connectivity index (χ2v) is 6.85. The molecule has 4 rings (SSSR count). The van der Waals surface area contributed by atoms with Gasteiger partial charge in [0.05, 0.1) is 35.7 Å². The van der Waals surface area contributed by atoms with Gasteiger partial charge in [0.15, 0.2) is 0 Å². The molecule has 1 atom stereocenters. The zero-order chi connectivity index (χ0) is 19.5. The van der Waals surface area contributed by atoms with Crippen LogP contribution in [0.3, 0.4) is 0 Å². The summed E-state index contributed by atoms with van der Waals surface area (Å²) < 4.78 is 3.39. The van der Waals surface area contributed by atoms with Gasteiger partial charge in [-0.05, 0) is 24.6 Å². The average molecular weight is 379 g/mol. The zero-order valence-corrected chi connectivity index (χ0v) is 15.5. The number of amides is 2. The summed E-state index contributed by atoms with van der Waals surface area (Å²) in [5.74, 6) is -0.287. The standard InChI is InChI=1S/C19H21N7O2/c1-13-4-6-25(24-13)12-18(27)23-15-7-17-16(10-22-26(17)11-15)19(28)21-9-14-3-2-5-20-8-14/h2-6,8,10,15H,7,9,11-12H2,1H3,(H,21,28)(H,23,27)/t15-/m0/s1. The maximum Gasteiger partial charge on any atom is 0.255 e. The van der Waals surface area contributed by atoms with Crippen molar-refractivity contribution in [3.63, 3.8) is 0 Å². The summed E-state index contributed by atoms with van der Waals surface area (Å²) >= 11 is 0. The molecule has 0 aliphatic carbocycles. The third-order valence-electron chi connectivity index (χ3n) is 4.65. The van der Waals surface area contributed by atoms with Crippen molar-refractivity contribution in [2.75, 3.05) is 0 Å². The fourth-order valence-electron chi connectivity index (χ4n) is 3.33. The summed E-state index contributed by atoms with van der Waals surface area (Å²) in [7, 11) is 0. The highest BCUT2D eigenvalue weighted by Gasteiger charge is 2.28. The third-order valence-corrected chi connectivity index (χ3v) is 4.65. The van der Waals surface area contributed by atoms with Crippen molar-refractivity contribution >= 4 is 11.8 Å². The van der Waals surface area contributed by atoms with Gasteiger partial charge in [0.25, 0.3) is 5.91 Å². The minimum absolute atomic E-state index is 0.0854. The first kappa shape index (κ1) is 17.9. The van der Waals surface area contributed by atoms with Crippen molar-refractivity contribution in [1.29, 1.82) is 0 Å². The van der Waals surface area contributed by atoms with E-state index in [1.807, 2.05) is 25.1 Å². The summed E-state index contributed by atoms with van der Waals surface area (Å²) in [6.45, 7) is 3.01. The molecule has 0 bridgehead atoms. The molecule has 144 valence electrons. The van der Waals surface area contributed by atoms with Gasteiger partial charge in [-0.3, -0.25) is 23.9 Å². The topological polar surface area (TPSA) is 107 Å². The molecule has 9 nitrogen and oxygen atoms in total. The summed E-state index contributed by atoms with van der Waals surface area (Å²) in [4.78, 5) is 28.8. The van der Waals surface area contributed by atoms with Crippen LogP contribution in [0.1, 0.15) is 27.3 Å². The Morgan fingerprint density at radius 2 is 2.18 bits per heavy atom. The predicted molar refractivity (Wildman–Crippen MR) is 100 cm³/mol. The molecule has 4 heterocycles. The lowest BCUT2D eigenvalue weighted by Crippen LogP contribution is -2.38. The number of aryl methyl sites for hydroxylation is 1. The minimum Gasteiger partial charge on any atom is -0.349 e. The van der Waals surface area contributed by atoms with Crippen molar-refractivity contribution in [3.05, 3.63) is 65.5 Å². The maximum absolute atomic E-state index is 12.5. The van der Waals surface area contributed by atoms with Gasteiger partial charge in [0.1, 0.15) is 6.54 Å². The molecular formula is C19H21N7O2. The van der Waals surface area contributed by atoms with Crippen molar-refractivity contribution in [1.82, 2.24) is 35.2 Å². The van der Waals surface area contributed by atoms with E-state index in [2.05, 4.69) is 25.8 Å². The molecule has 0 aromatic carbocycles. The van der Waals surface area contributed by atoms with Crippen LogP contribution in [-0.2, 0) is 30.8 Å². The molecule has 0 radical (unpaired) electrons. The van der Waals surface area contributed by atoms with Crippen LogP contribution in [0.15, 0.2) is 43.0 Å². The van der Waals surface area contributed by atoms with E-state index in [0.717, 1.165) is 17.0 Å². The number of rotatable bonds is 6. The van der Waals surface area contributed by atoms with Crippen LogP contribution in [0.25, 0.3) is 0 Å². The normalized spacial score (nSPS) is 15.2. The Labute approximate surface area is 161 Å². The highest BCUT2D eigenvalue weighted by molar-refractivity contribution is 5.95. The first-order valence-electron chi connectivity index (χ1n) is 9.09. The number of nitrogens with zero attached hydrogens (tertiary/aromatic N) is 5. The van der Waals surface area contributed by atoms with Gasteiger partial charge in [-0.25, -0.2) is 0 Å². The monoisotopic (exact) mass is 379 g/mol. The molecule has 2 N–H and O–H groups in total. The van der Waals surface area contributed by atoms with E-state index in [1.165, 1.54) is 0 Å². The van der Waals surface area contributed by atoms with Crippen LogP contribution in [0.2, 0.25) is 0 Å². The Bertz CT molecular complexity index is 993. The fourth-order valence-corrected chi connectivity index (χ4v) is 3.33. The average Bonchev–Trinajstić information content (AvgIpc) is 3.36. The summed E-state index contributed by atoms with van der Waals surface area (Å²) in [5.41, 5.74) is 3.18. The quantitative estimate of drug-likeness (QED) is 0.647. The number of hydrogen-bond donors (Lipinski definition) is 2. The van der Waals surface area contributed by atoms with Gasteiger partial charge in [-0.15, -0.1) is 0 Å². The molecule has 2 amide bonds. The Morgan fingerprint density at radius 3 is 2.93 bits per heavy atom. The van der Waals surface area contributed by atoms with E-state index in [9.17, 15) is 9.59 Å². The van der Waals surface area contributed by atoms with E-state index in [-0.39, 0.29) is 24.4 Å². The molecule has 0 fully saturated rings. The molecule has 0 spiro atoms. The van der Waals surface area contributed by atoms with E-state index >= 15 is 0 Å². The maximum atomic E-state index is 12.5. The number of pyridine rings is 1. The second-order valence-electron chi connectivity index (χ2n) is 6.85. The number of nitrogens with one attached hydrogen (secondary N) is 2. The molecule has 0 unspecified atom stereocenters. The van der Waals surface area contributed by atoms with Crippen molar-refractivity contribution < 1.29 is 9.59 Å². The molecule has 0 saturated carbocycles. The molecule has 0 saturated heterocycles. The smallest absolute Gasteiger partial charge is 0.255 e. The molecule has 3 aromatic rings. The Morgan fingerprint density at radius 1 is 1.29 bits per heavy atom. The Balaban J connectivity index is 1.33. The molecule has 3 aromatic heterocycles. The second kappa shape index (κ2) is 7.63. The highest BCUT2D eigenvalue weighted by Crippen LogP contribution is 2.19. The van der Waals surface area contributed by atoms with Crippen LogP contribution < -0.4 is 10.6 Å². The third kappa shape index (κ3) is 3.93. The van der Waals surface area contributed by atoms with Crippen LogP contribution in [0.4, 0.5) is 0 Å². The zero-order valence-electron chi connectivity index (χ0n) is 15.5. The van der Waals surface area contributed by atoms with Crippen molar-refractivity contribution in [2.45, 2.75) is 39.0 Å². The SMILES string of the molecule is Cc1ccn(CC(=O)N[C@H]2Cc3c(C(=O)NCc4cccnc4)cnn3C2)n1. The largest absolute Gasteiger partial charge is 0.349 e. The minimum atomic E-state index is -0.177. The summed E-state index contributed by atoms with van der Waals surface area (Å²) in [5, 5.41) is 14.4. The molecular weight excluding hydrogens is 358 g/mol. The Hall–Kier alpha value is -3.49. The molecule has 28 heavy (non-hydrogen) atoms. The van der Waals surface area contributed by atoms with Crippen LogP contribution in [-0.4, -0.2) is 42.4 Å². The van der Waals surface area contributed by atoms with Gasteiger partial charge < -0.3 is 10.6 Å². The van der Waals surface area contributed by atoms with Crippen LogP contribution >= 0.6 is 0 Å². The van der Waals surface area contributed by atoms with Crippen LogP contribution in [0, 0.1) is 6.92 Å². The van der Waals surface area contributed by atoms with Crippen LogP contribution in [0.5, 0.6) is 0 Å². The first-order chi connectivity index (χ1) is 13.6. The van der Waals surface area contributed by atoms with Gasteiger partial charge in [-0.1, -0.05) is 6.07 Å². The van der Waals surface area contributed by atoms with Gasteiger partial charge in [0, 0.05) is 31.6 Å². The highest BCUT2D eigenvalue weighted by atomic mass is 16.2. The number of fused-ring (bicyclic) bond motifs is 1. The Kier molecular flexibility index (Phi) is 4.88. The number of hydrogen-bond acceptors (Lipinski definition) is 5. The lowest BCUT2D eigenvalue weighted by molar-refractivity contribution is -0.122. The predicted octanol–water partition coefficient (Wildman–Crippen LogP) is 0.454. The molecule has 1 aliphatic rings.